The van der Waals surface area contributed by atoms with E-state index in [9.17, 15) is 9.59 Å². The third kappa shape index (κ3) is 3.13. The van der Waals surface area contributed by atoms with Gasteiger partial charge in [-0.3, -0.25) is 9.59 Å². The normalized spacial score (nSPS) is 32.5. The van der Waals surface area contributed by atoms with Crippen molar-refractivity contribution in [3.8, 4) is 0 Å². The monoisotopic (exact) mass is 359 g/mol. The molecule has 3 unspecified atom stereocenters. The Labute approximate surface area is 152 Å². The minimum atomic E-state index is -0.405. The summed E-state index contributed by atoms with van der Waals surface area (Å²) in [7, 11) is 0. The van der Waals surface area contributed by atoms with Crippen molar-refractivity contribution in [2.24, 2.45) is 0 Å². The van der Waals surface area contributed by atoms with Gasteiger partial charge in [-0.2, -0.15) is 0 Å². The van der Waals surface area contributed by atoms with Gasteiger partial charge >= 0.3 is 0 Å². The van der Waals surface area contributed by atoms with Crippen LogP contribution in [-0.2, 0) is 14.3 Å². The highest BCUT2D eigenvalue weighted by molar-refractivity contribution is 5.91. The Bertz CT molecular complexity index is 742. The van der Waals surface area contributed by atoms with E-state index in [-0.39, 0.29) is 23.0 Å². The van der Waals surface area contributed by atoms with Crippen molar-refractivity contribution in [3.05, 3.63) is 17.6 Å². The lowest BCUT2D eigenvalue weighted by Gasteiger charge is -2.30. The van der Waals surface area contributed by atoms with E-state index in [1.54, 1.807) is 0 Å². The largest absolute Gasteiger partial charge is 0.371 e. The fraction of sp³-hybridized carbons (Fsp3) is 0.667. The smallest absolute Gasteiger partial charge is 0.243 e. The highest BCUT2D eigenvalue weighted by Crippen LogP contribution is 2.47. The highest BCUT2D eigenvalue weighted by atomic mass is 16.5. The van der Waals surface area contributed by atoms with Crippen LogP contribution < -0.4 is 16.0 Å². The predicted molar refractivity (Wildman–Crippen MR) is 94.6 cm³/mol. The number of nitrogens with zero attached hydrogens (tertiary/aromatic N) is 2. The Morgan fingerprint density at radius 2 is 2.27 bits per heavy atom. The van der Waals surface area contributed by atoms with Crippen molar-refractivity contribution in [1.82, 2.24) is 20.6 Å². The molecule has 4 rings (SSSR count). The van der Waals surface area contributed by atoms with Crippen molar-refractivity contribution >= 4 is 17.6 Å². The van der Waals surface area contributed by atoms with E-state index < -0.39 is 6.04 Å². The first kappa shape index (κ1) is 17.2. The van der Waals surface area contributed by atoms with Gasteiger partial charge in [-0.05, 0) is 33.1 Å². The minimum absolute atomic E-state index is 0.0502. The van der Waals surface area contributed by atoms with Crippen LogP contribution in [0.4, 0.5) is 5.82 Å². The fourth-order valence-corrected chi connectivity index (χ4v) is 4.26. The SMILES string of the molecule is Cc1ncc(C)c(NCC23CCC(NC(=O)C4CCC(=O)N4)(CO2)C3)n1. The van der Waals surface area contributed by atoms with Crippen LogP contribution in [-0.4, -0.2) is 52.1 Å². The molecular formula is C18H25N5O3. The van der Waals surface area contributed by atoms with Gasteiger partial charge in [0, 0.05) is 31.1 Å². The van der Waals surface area contributed by atoms with Crippen LogP contribution in [0, 0.1) is 13.8 Å². The van der Waals surface area contributed by atoms with Crippen LogP contribution in [0.1, 0.15) is 43.5 Å². The van der Waals surface area contributed by atoms with E-state index >= 15 is 0 Å². The maximum Gasteiger partial charge on any atom is 0.243 e. The first-order chi connectivity index (χ1) is 12.4. The van der Waals surface area contributed by atoms with Crippen LogP contribution in [0.15, 0.2) is 6.20 Å². The average Bonchev–Trinajstić information content (AvgIpc) is 3.29. The second-order valence-electron chi connectivity index (χ2n) is 7.88. The zero-order valence-corrected chi connectivity index (χ0v) is 15.2. The lowest BCUT2D eigenvalue weighted by atomic mass is 9.97. The first-order valence-corrected chi connectivity index (χ1v) is 9.18. The Morgan fingerprint density at radius 3 is 2.96 bits per heavy atom. The molecule has 140 valence electrons. The van der Waals surface area contributed by atoms with Gasteiger partial charge in [0.15, 0.2) is 0 Å². The summed E-state index contributed by atoms with van der Waals surface area (Å²) in [4.78, 5) is 32.5. The summed E-state index contributed by atoms with van der Waals surface area (Å²) in [6.45, 7) is 5.02. The summed E-state index contributed by atoms with van der Waals surface area (Å²) in [5.74, 6) is 1.42. The minimum Gasteiger partial charge on any atom is -0.371 e. The molecule has 2 aliphatic heterocycles. The van der Waals surface area contributed by atoms with E-state index in [0.29, 0.717) is 26.0 Å². The van der Waals surface area contributed by atoms with Crippen LogP contribution in [0.5, 0.6) is 0 Å². The van der Waals surface area contributed by atoms with E-state index in [4.69, 9.17) is 4.74 Å². The molecule has 0 aromatic carbocycles. The second-order valence-corrected chi connectivity index (χ2v) is 7.88. The molecule has 1 aromatic rings. The van der Waals surface area contributed by atoms with Gasteiger partial charge in [0.2, 0.25) is 11.8 Å². The number of carbonyl (C=O) groups is 2. The lowest BCUT2D eigenvalue weighted by Crippen LogP contribution is -2.53. The molecule has 3 atom stereocenters. The summed E-state index contributed by atoms with van der Waals surface area (Å²) in [6.07, 6.45) is 5.37. The molecule has 3 aliphatic rings. The highest BCUT2D eigenvalue weighted by Gasteiger charge is 2.56. The Balaban J connectivity index is 1.38. The van der Waals surface area contributed by atoms with Crippen LogP contribution >= 0.6 is 0 Å². The van der Waals surface area contributed by atoms with Crippen LogP contribution in [0.25, 0.3) is 0 Å². The number of ether oxygens (including phenoxy) is 1. The van der Waals surface area contributed by atoms with Crippen molar-refractivity contribution < 1.29 is 14.3 Å². The Morgan fingerprint density at radius 1 is 1.42 bits per heavy atom. The number of rotatable bonds is 5. The molecule has 0 radical (unpaired) electrons. The zero-order chi connectivity index (χ0) is 18.4. The van der Waals surface area contributed by atoms with Gasteiger partial charge < -0.3 is 20.7 Å². The molecule has 2 saturated heterocycles. The number of fused-ring (bicyclic) bond motifs is 2. The molecule has 1 saturated carbocycles. The number of anilines is 1. The van der Waals surface area contributed by atoms with Crippen LogP contribution in [0.3, 0.4) is 0 Å². The van der Waals surface area contributed by atoms with Gasteiger partial charge in [0.25, 0.3) is 0 Å². The molecule has 8 nitrogen and oxygen atoms in total. The fourth-order valence-electron chi connectivity index (χ4n) is 4.26. The van der Waals surface area contributed by atoms with Gasteiger partial charge in [0.1, 0.15) is 17.7 Å². The number of aromatic nitrogens is 2. The van der Waals surface area contributed by atoms with Gasteiger partial charge in [-0.15, -0.1) is 0 Å². The molecule has 0 spiro atoms. The number of hydrogen-bond donors (Lipinski definition) is 3. The molecule has 2 bridgehead atoms. The van der Waals surface area contributed by atoms with Crippen molar-refractivity contribution in [3.63, 3.8) is 0 Å². The molecule has 1 aromatic heterocycles. The summed E-state index contributed by atoms with van der Waals surface area (Å²) in [6, 6.07) is -0.405. The molecule has 3 heterocycles. The predicted octanol–water partition coefficient (Wildman–Crippen LogP) is 0.592. The van der Waals surface area contributed by atoms with E-state index in [1.165, 1.54) is 0 Å². The topological polar surface area (TPSA) is 105 Å². The van der Waals surface area contributed by atoms with E-state index in [1.807, 2.05) is 20.0 Å². The first-order valence-electron chi connectivity index (χ1n) is 9.18. The summed E-state index contributed by atoms with van der Waals surface area (Å²) in [5, 5.41) is 9.29. The number of amides is 2. The third-order valence-corrected chi connectivity index (χ3v) is 5.74. The van der Waals surface area contributed by atoms with Crippen molar-refractivity contribution in [2.75, 3.05) is 18.5 Å². The summed E-state index contributed by atoms with van der Waals surface area (Å²) < 4.78 is 6.11. The molecule has 8 heteroatoms. The van der Waals surface area contributed by atoms with Crippen LogP contribution in [0.2, 0.25) is 0 Å². The average molecular weight is 359 g/mol. The Kier molecular flexibility index (Phi) is 4.10. The number of carbonyl (C=O) groups excluding carboxylic acids is 2. The molecule has 26 heavy (non-hydrogen) atoms. The summed E-state index contributed by atoms with van der Waals surface area (Å²) >= 11 is 0. The van der Waals surface area contributed by atoms with E-state index in [0.717, 1.165) is 36.5 Å². The second kappa shape index (κ2) is 6.19. The molecule has 1 aliphatic carbocycles. The zero-order valence-electron chi connectivity index (χ0n) is 15.2. The van der Waals surface area contributed by atoms with Gasteiger partial charge in [-0.1, -0.05) is 0 Å². The quantitative estimate of drug-likeness (QED) is 0.711. The maximum atomic E-state index is 12.5. The molecular weight excluding hydrogens is 334 g/mol. The molecule has 2 amide bonds. The van der Waals surface area contributed by atoms with Crippen molar-refractivity contribution in [2.45, 2.75) is 63.1 Å². The molecule has 3 N–H and O–H groups in total. The standard InChI is InChI=1S/C18H25N5O3/c1-11-7-19-12(2)21-15(11)20-9-18-6-5-17(8-18,10-26-18)23-16(25)13-3-4-14(24)22-13/h7,13H,3-6,8-10H2,1-2H3,(H,22,24)(H,23,25)(H,19,20,21). The maximum absolute atomic E-state index is 12.5. The lowest BCUT2D eigenvalue weighted by molar-refractivity contribution is -0.127. The molecule has 3 fully saturated rings. The summed E-state index contributed by atoms with van der Waals surface area (Å²) in [5.41, 5.74) is 0.403. The van der Waals surface area contributed by atoms with Crippen molar-refractivity contribution in [1.29, 1.82) is 0 Å². The third-order valence-electron chi connectivity index (χ3n) is 5.74. The van der Waals surface area contributed by atoms with Gasteiger partial charge in [-0.25, -0.2) is 9.97 Å². The number of aryl methyl sites for hydroxylation is 2. The van der Waals surface area contributed by atoms with Gasteiger partial charge in [0.05, 0.1) is 17.7 Å². The van der Waals surface area contributed by atoms with E-state index in [2.05, 4.69) is 25.9 Å². The Hall–Kier alpha value is -2.22. The number of hydrogen-bond acceptors (Lipinski definition) is 6. The number of nitrogens with one attached hydrogen (secondary N) is 3.